The van der Waals surface area contributed by atoms with Gasteiger partial charge in [0.25, 0.3) is 0 Å². The Hall–Kier alpha value is -2.01. The fourth-order valence-electron chi connectivity index (χ4n) is 2.10. The van der Waals surface area contributed by atoms with Gasteiger partial charge in [-0.15, -0.1) is 0 Å². The first-order valence-electron chi connectivity index (χ1n) is 6.34. The smallest absolute Gasteiger partial charge is 0.226 e. The van der Waals surface area contributed by atoms with E-state index in [2.05, 4.69) is 4.98 Å². The van der Waals surface area contributed by atoms with Gasteiger partial charge in [-0.25, -0.2) is 4.98 Å². The number of oxazole rings is 1. The molecule has 0 saturated carbocycles. The lowest BCUT2D eigenvalue weighted by Crippen LogP contribution is -2.15. The fraction of sp³-hybridized carbons (Fsp3) is 0.357. The topological polar surface area (TPSA) is 70.5 Å². The number of nitrogens with two attached hydrogens (primary N) is 1. The summed E-state index contributed by atoms with van der Waals surface area (Å²) in [5.41, 5.74) is 7.34. The summed E-state index contributed by atoms with van der Waals surface area (Å²) in [5, 5.41) is 0. The SMILES string of the molecule is Cc1oc(-c2ccc3c(c2)OCCO3)nc1CCN. The average Bonchev–Trinajstić information content (AvgIpc) is 2.80. The van der Waals surface area contributed by atoms with Crippen molar-refractivity contribution in [1.82, 2.24) is 4.98 Å². The highest BCUT2D eigenvalue weighted by Crippen LogP contribution is 2.34. The van der Waals surface area contributed by atoms with Crippen molar-refractivity contribution in [2.45, 2.75) is 13.3 Å². The number of benzene rings is 1. The van der Waals surface area contributed by atoms with Crippen molar-refractivity contribution in [3.63, 3.8) is 0 Å². The van der Waals surface area contributed by atoms with Crippen LogP contribution in [0.15, 0.2) is 22.6 Å². The van der Waals surface area contributed by atoms with Crippen LogP contribution in [0.25, 0.3) is 11.5 Å². The zero-order valence-electron chi connectivity index (χ0n) is 10.8. The number of hydrogen-bond acceptors (Lipinski definition) is 5. The lowest BCUT2D eigenvalue weighted by atomic mass is 10.2. The van der Waals surface area contributed by atoms with Gasteiger partial charge in [0, 0.05) is 12.0 Å². The molecule has 2 aromatic rings. The maximum Gasteiger partial charge on any atom is 0.226 e. The Balaban J connectivity index is 1.95. The molecule has 3 rings (SSSR count). The van der Waals surface area contributed by atoms with Crippen molar-refractivity contribution in [1.29, 1.82) is 0 Å². The Labute approximate surface area is 111 Å². The minimum Gasteiger partial charge on any atom is -0.486 e. The summed E-state index contributed by atoms with van der Waals surface area (Å²) in [6.45, 7) is 3.62. The zero-order chi connectivity index (χ0) is 13.2. The molecular formula is C14H16N2O3. The van der Waals surface area contributed by atoms with Gasteiger partial charge < -0.3 is 19.6 Å². The maximum absolute atomic E-state index is 5.68. The molecule has 0 spiro atoms. The van der Waals surface area contributed by atoms with E-state index < -0.39 is 0 Å². The first-order valence-corrected chi connectivity index (χ1v) is 6.34. The second-order valence-corrected chi connectivity index (χ2v) is 4.42. The van der Waals surface area contributed by atoms with Crippen LogP contribution >= 0.6 is 0 Å². The Morgan fingerprint density at radius 2 is 2.00 bits per heavy atom. The average molecular weight is 260 g/mol. The molecule has 0 radical (unpaired) electrons. The lowest BCUT2D eigenvalue weighted by Gasteiger charge is -2.18. The van der Waals surface area contributed by atoms with Gasteiger partial charge in [-0.2, -0.15) is 0 Å². The van der Waals surface area contributed by atoms with E-state index in [1.807, 2.05) is 25.1 Å². The van der Waals surface area contributed by atoms with Crippen molar-refractivity contribution in [2.75, 3.05) is 19.8 Å². The van der Waals surface area contributed by atoms with Gasteiger partial charge in [0.2, 0.25) is 5.89 Å². The number of hydrogen-bond donors (Lipinski definition) is 1. The van der Waals surface area contributed by atoms with Gasteiger partial charge in [-0.3, -0.25) is 0 Å². The Morgan fingerprint density at radius 1 is 1.21 bits per heavy atom. The van der Waals surface area contributed by atoms with Crippen LogP contribution in [0, 0.1) is 6.92 Å². The third-order valence-corrected chi connectivity index (χ3v) is 3.06. The summed E-state index contributed by atoms with van der Waals surface area (Å²) in [5.74, 6) is 2.91. The van der Waals surface area contributed by atoms with Crippen LogP contribution in [-0.4, -0.2) is 24.7 Å². The molecule has 0 amide bonds. The van der Waals surface area contributed by atoms with Gasteiger partial charge >= 0.3 is 0 Å². The quantitative estimate of drug-likeness (QED) is 0.913. The van der Waals surface area contributed by atoms with Gasteiger partial charge in [0.1, 0.15) is 19.0 Å². The van der Waals surface area contributed by atoms with Crippen molar-refractivity contribution in [2.24, 2.45) is 5.73 Å². The number of rotatable bonds is 3. The van der Waals surface area contributed by atoms with Crippen LogP contribution in [0.5, 0.6) is 11.5 Å². The molecule has 1 aliphatic heterocycles. The van der Waals surface area contributed by atoms with E-state index in [-0.39, 0.29) is 0 Å². The standard InChI is InChI=1S/C14H16N2O3/c1-9-11(4-5-15)16-14(19-9)10-2-3-12-13(8-10)18-7-6-17-12/h2-3,8H,4-7,15H2,1H3. The molecule has 19 heavy (non-hydrogen) atoms. The molecule has 100 valence electrons. The van der Waals surface area contributed by atoms with Gasteiger partial charge in [-0.1, -0.05) is 0 Å². The van der Waals surface area contributed by atoms with E-state index in [0.717, 1.165) is 34.9 Å². The molecule has 0 fully saturated rings. The number of ether oxygens (including phenoxy) is 2. The van der Waals surface area contributed by atoms with E-state index >= 15 is 0 Å². The van der Waals surface area contributed by atoms with Gasteiger partial charge in [-0.05, 0) is 31.7 Å². The predicted octanol–water partition coefficient (Wildman–Crippen LogP) is 1.92. The van der Waals surface area contributed by atoms with Crippen LogP contribution in [-0.2, 0) is 6.42 Å². The summed E-state index contributed by atoms with van der Waals surface area (Å²) < 4.78 is 16.7. The lowest BCUT2D eigenvalue weighted by molar-refractivity contribution is 0.171. The number of aromatic nitrogens is 1. The second kappa shape index (κ2) is 4.93. The first-order chi connectivity index (χ1) is 9.28. The number of nitrogens with zero attached hydrogens (tertiary/aromatic N) is 1. The summed E-state index contributed by atoms with van der Waals surface area (Å²) >= 11 is 0. The molecule has 2 heterocycles. The number of aryl methyl sites for hydroxylation is 1. The van der Waals surface area contributed by atoms with Crippen molar-refractivity contribution in [3.8, 4) is 23.0 Å². The largest absolute Gasteiger partial charge is 0.486 e. The molecule has 1 aromatic heterocycles. The molecule has 1 aromatic carbocycles. The summed E-state index contributed by atoms with van der Waals surface area (Å²) in [7, 11) is 0. The van der Waals surface area contributed by atoms with E-state index in [1.54, 1.807) is 0 Å². The fourth-order valence-corrected chi connectivity index (χ4v) is 2.10. The van der Waals surface area contributed by atoms with Crippen LogP contribution in [0.4, 0.5) is 0 Å². The van der Waals surface area contributed by atoms with E-state index in [0.29, 0.717) is 25.6 Å². The summed E-state index contributed by atoms with van der Waals surface area (Å²) in [6.07, 6.45) is 0.722. The Morgan fingerprint density at radius 3 is 2.79 bits per heavy atom. The number of fused-ring (bicyclic) bond motifs is 1. The van der Waals surface area contributed by atoms with E-state index in [1.165, 1.54) is 0 Å². The predicted molar refractivity (Wildman–Crippen MR) is 70.4 cm³/mol. The monoisotopic (exact) mass is 260 g/mol. The minimum absolute atomic E-state index is 0.563. The Kier molecular flexibility index (Phi) is 3.13. The van der Waals surface area contributed by atoms with Gasteiger partial charge in [0.15, 0.2) is 11.5 Å². The molecule has 0 aliphatic carbocycles. The zero-order valence-corrected chi connectivity index (χ0v) is 10.8. The third-order valence-electron chi connectivity index (χ3n) is 3.06. The normalized spacial score (nSPS) is 13.6. The maximum atomic E-state index is 5.68. The third kappa shape index (κ3) is 2.29. The van der Waals surface area contributed by atoms with Crippen LogP contribution in [0.1, 0.15) is 11.5 Å². The second-order valence-electron chi connectivity index (χ2n) is 4.42. The van der Waals surface area contributed by atoms with Crippen molar-refractivity contribution in [3.05, 3.63) is 29.7 Å². The molecule has 5 heteroatoms. The first kappa shape index (κ1) is 12.0. The van der Waals surface area contributed by atoms with Gasteiger partial charge in [0.05, 0.1) is 5.69 Å². The highest BCUT2D eigenvalue weighted by molar-refractivity contribution is 5.60. The van der Waals surface area contributed by atoms with Crippen LogP contribution in [0.2, 0.25) is 0 Å². The highest BCUT2D eigenvalue weighted by Gasteiger charge is 2.16. The highest BCUT2D eigenvalue weighted by atomic mass is 16.6. The van der Waals surface area contributed by atoms with E-state index in [4.69, 9.17) is 19.6 Å². The molecule has 0 bridgehead atoms. The molecule has 0 unspecified atom stereocenters. The molecule has 1 aliphatic rings. The molecule has 0 atom stereocenters. The molecule has 5 nitrogen and oxygen atoms in total. The van der Waals surface area contributed by atoms with Crippen molar-refractivity contribution >= 4 is 0 Å². The van der Waals surface area contributed by atoms with Crippen molar-refractivity contribution < 1.29 is 13.9 Å². The summed E-state index contributed by atoms with van der Waals surface area (Å²) in [4.78, 5) is 4.48. The van der Waals surface area contributed by atoms with Crippen LogP contribution < -0.4 is 15.2 Å². The summed E-state index contributed by atoms with van der Waals surface area (Å²) in [6, 6.07) is 5.70. The molecule has 0 saturated heterocycles. The molecule has 2 N–H and O–H groups in total. The Bertz CT molecular complexity index is 592. The molecular weight excluding hydrogens is 244 g/mol. The minimum atomic E-state index is 0.563. The van der Waals surface area contributed by atoms with E-state index in [9.17, 15) is 0 Å². The van der Waals surface area contributed by atoms with Crippen LogP contribution in [0.3, 0.4) is 0 Å².